The van der Waals surface area contributed by atoms with Crippen molar-refractivity contribution in [3.05, 3.63) is 33.8 Å². The van der Waals surface area contributed by atoms with Gasteiger partial charge < -0.3 is 10.5 Å². The molecule has 0 fully saturated rings. The van der Waals surface area contributed by atoms with Crippen molar-refractivity contribution in [3.63, 3.8) is 0 Å². The highest BCUT2D eigenvalue weighted by Gasteiger charge is 2.14. The Kier molecular flexibility index (Phi) is 4.39. The number of nitrogens with two attached hydrogens (primary N) is 1. The lowest BCUT2D eigenvalue weighted by Crippen LogP contribution is -2.16. The van der Waals surface area contributed by atoms with Crippen LogP contribution in [0, 0.1) is 0 Å². The van der Waals surface area contributed by atoms with Crippen LogP contribution >= 0.6 is 23.2 Å². The third kappa shape index (κ3) is 3.38. The van der Waals surface area contributed by atoms with Gasteiger partial charge in [0, 0.05) is 16.1 Å². The van der Waals surface area contributed by atoms with E-state index in [1.165, 1.54) is 7.11 Å². The largest absolute Gasteiger partial charge is 0.469 e. The standard InChI is InChI=1S/C10H11Cl2NO2/c1-15-10(14)5-9(13)7-3-2-6(11)4-8(7)12/h2-4,9H,5,13H2,1H3/t9-/m1/s1. The highest BCUT2D eigenvalue weighted by atomic mass is 35.5. The fraction of sp³-hybridized carbons (Fsp3) is 0.300. The summed E-state index contributed by atoms with van der Waals surface area (Å²) in [5, 5.41) is 0.993. The van der Waals surface area contributed by atoms with E-state index in [-0.39, 0.29) is 12.4 Å². The molecule has 2 N–H and O–H groups in total. The average molecular weight is 248 g/mol. The minimum atomic E-state index is -0.470. The molecule has 82 valence electrons. The average Bonchev–Trinajstić information content (AvgIpc) is 2.17. The van der Waals surface area contributed by atoms with E-state index in [9.17, 15) is 4.79 Å². The van der Waals surface area contributed by atoms with Crippen molar-refractivity contribution >= 4 is 29.2 Å². The van der Waals surface area contributed by atoms with Crippen LogP contribution in [0.25, 0.3) is 0 Å². The molecule has 0 amide bonds. The molecule has 0 unspecified atom stereocenters. The van der Waals surface area contributed by atoms with E-state index in [4.69, 9.17) is 28.9 Å². The Bertz CT molecular complexity index is 368. The number of methoxy groups -OCH3 is 1. The summed E-state index contributed by atoms with van der Waals surface area (Å²) >= 11 is 11.7. The number of ether oxygens (including phenoxy) is 1. The summed E-state index contributed by atoms with van der Waals surface area (Å²) in [6.07, 6.45) is 0.0951. The van der Waals surface area contributed by atoms with Crippen LogP contribution in [-0.2, 0) is 9.53 Å². The lowest BCUT2D eigenvalue weighted by Gasteiger charge is -2.12. The Balaban J connectivity index is 2.82. The van der Waals surface area contributed by atoms with Crippen molar-refractivity contribution in [1.82, 2.24) is 0 Å². The molecule has 0 saturated carbocycles. The Hall–Kier alpha value is -0.770. The van der Waals surface area contributed by atoms with Gasteiger partial charge in [0.2, 0.25) is 0 Å². The number of rotatable bonds is 3. The van der Waals surface area contributed by atoms with Crippen molar-refractivity contribution in [1.29, 1.82) is 0 Å². The topological polar surface area (TPSA) is 52.3 Å². The van der Waals surface area contributed by atoms with Gasteiger partial charge in [-0.3, -0.25) is 4.79 Å². The van der Waals surface area contributed by atoms with Gasteiger partial charge in [-0.15, -0.1) is 0 Å². The molecule has 0 bridgehead atoms. The van der Waals surface area contributed by atoms with Gasteiger partial charge in [0.1, 0.15) is 0 Å². The van der Waals surface area contributed by atoms with Gasteiger partial charge in [-0.1, -0.05) is 29.3 Å². The summed E-state index contributed by atoms with van der Waals surface area (Å²) < 4.78 is 4.52. The Morgan fingerprint density at radius 1 is 1.53 bits per heavy atom. The Labute approximate surface area is 98.1 Å². The maximum atomic E-state index is 11.0. The Morgan fingerprint density at radius 2 is 2.20 bits per heavy atom. The van der Waals surface area contributed by atoms with Crippen LogP contribution in [0.15, 0.2) is 18.2 Å². The molecule has 0 saturated heterocycles. The fourth-order valence-electron chi connectivity index (χ4n) is 1.18. The van der Waals surface area contributed by atoms with E-state index in [2.05, 4.69) is 4.74 Å². The third-order valence-corrected chi connectivity index (χ3v) is 2.54. The van der Waals surface area contributed by atoms with E-state index < -0.39 is 6.04 Å². The number of esters is 1. The van der Waals surface area contributed by atoms with E-state index >= 15 is 0 Å². The lowest BCUT2D eigenvalue weighted by molar-refractivity contribution is -0.141. The molecule has 1 aromatic carbocycles. The number of carbonyl (C=O) groups excluding carboxylic acids is 1. The summed E-state index contributed by atoms with van der Waals surface area (Å²) in [6, 6.07) is 4.51. The first-order chi connectivity index (χ1) is 7.04. The molecule has 0 aliphatic carbocycles. The monoisotopic (exact) mass is 247 g/mol. The molecule has 1 rings (SSSR count). The molecule has 0 spiro atoms. The second kappa shape index (κ2) is 5.35. The van der Waals surface area contributed by atoms with Crippen molar-refractivity contribution in [2.45, 2.75) is 12.5 Å². The van der Waals surface area contributed by atoms with E-state index in [0.29, 0.717) is 15.6 Å². The maximum Gasteiger partial charge on any atom is 0.307 e. The second-order valence-corrected chi connectivity index (χ2v) is 3.90. The van der Waals surface area contributed by atoms with Gasteiger partial charge in [0.25, 0.3) is 0 Å². The number of carbonyl (C=O) groups is 1. The summed E-state index contributed by atoms with van der Waals surface area (Å²) in [4.78, 5) is 11.0. The molecule has 0 heterocycles. The van der Waals surface area contributed by atoms with E-state index in [1.54, 1.807) is 18.2 Å². The summed E-state index contributed by atoms with van der Waals surface area (Å²) in [5.41, 5.74) is 6.48. The molecule has 5 heteroatoms. The predicted molar refractivity (Wildman–Crippen MR) is 60.0 cm³/mol. The second-order valence-electron chi connectivity index (χ2n) is 3.05. The minimum absolute atomic E-state index is 0.0951. The molecule has 15 heavy (non-hydrogen) atoms. The summed E-state index contributed by atoms with van der Waals surface area (Å²) in [5.74, 6) is -0.367. The third-order valence-electron chi connectivity index (χ3n) is 1.98. The first kappa shape index (κ1) is 12.3. The number of hydrogen-bond acceptors (Lipinski definition) is 3. The molecule has 3 nitrogen and oxygen atoms in total. The van der Waals surface area contributed by atoms with Crippen LogP contribution in [-0.4, -0.2) is 13.1 Å². The summed E-state index contributed by atoms with van der Waals surface area (Å²) in [7, 11) is 1.32. The smallest absolute Gasteiger partial charge is 0.307 e. The van der Waals surface area contributed by atoms with E-state index in [1.807, 2.05) is 0 Å². The van der Waals surface area contributed by atoms with Gasteiger partial charge in [-0.25, -0.2) is 0 Å². The van der Waals surface area contributed by atoms with Gasteiger partial charge in [0.15, 0.2) is 0 Å². The molecule has 0 radical (unpaired) electrons. The lowest BCUT2D eigenvalue weighted by atomic mass is 10.1. The van der Waals surface area contributed by atoms with Gasteiger partial charge in [-0.05, 0) is 17.7 Å². The van der Waals surface area contributed by atoms with Crippen LogP contribution in [0.5, 0.6) is 0 Å². The van der Waals surface area contributed by atoms with Gasteiger partial charge in [0.05, 0.1) is 13.5 Å². The van der Waals surface area contributed by atoms with Crippen LogP contribution < -0.4 is 5.73 Å². The fourth-order valence-corrected chi connectivity index (χ4v) is 1.72. The quantitative estimate of drug-likeness (QED) is 0.836. The highest BCUT2D eigenvalue weighted by Crippen LogP contribution is 2.26. The molecular weight excluding hydrogens is 237 g/mol. The van der Waals surface area contributed by atoms with Gasteiger partial charge in [-0.2, -0.15) is 0 Å². The highest BCUT2D eigenvalue weighted by molar-refractivity contribution is 6.35. The number of benzene rings is 1. The molecule has 0 aromatic heterocycles. The predicted octanol–water partition coefficient (Wildman–Crippen LogP) is 2.56. The maximum absolute atomic E-state index is 11.0. The van der Waals surface area contributed by atoms with Crippen LogP contribution in [0.3, 0.4) is 0 Å². The summed E-state index contributed by atoms with van der Waals surface area (Å²) in [6.45, 7) is 0. The molecular formula is C10H11Cl2NO2. The van der Waals surface area contributed by atoms with Crippen molar-refractivity contribution in [2.24, 2.45) is 5.73 Å². The van der Waals surface area contributed by atoms with Crippen LogP contribution in [0.4, 0.5) is 0 Å². The van der Waals surface area contributed by atoms with Crippen molar-refractivity contribution in [3.8, 4) is 0 Å². The Morgan fingerprint density at radius 3 is 2.73 bits per heavy atom. The number of hydrogen-bond donors (Lipinski definition) is 1. The van der Waals surface area contributed by atoms with Crippen LogP contribution in [0.2, 0.25) is 10.0 Å². The SMILES string of the molecule is COC(=O)C[C@@H](N)c1ccc(Cl)cc1Cl. The molecule has 1 atom stereocenters. The zero-order valence-corrected chi connectivity index (χ0v) is 9.68. The first-order valence-corrected chi connectivity index (χ1v) is 5.07. The first-order valence-electron chi connectivity index (χ1n) is 4.32. The van der Waals surface area contributed by atoms with E-state index in [0.717, 1.165) is 0 Å². The molecule has 0 aliphatic rings. The van der Waals surface area contributed by atoms with Gasteiger partial charge >= 0.3 is 5.97 Å². The minimum Gasteiger partial charge on any atom is -0.469 e. The molecule has 0 aliphatic heterocycles. The van der Waals surface area contributed by atoms with Crippen LogP contribution in [0.1, 0.15) is 18.0 Å². The molecule has 1 aromatic rings. The normalized spacial score (nSPS) is 12.3. The zero-order chi connectivity index (χ0) is 11.4. The van der Waals surface area contributed by atoms with Crippen molar-refractivity contribution < 1.29 is 9.53 Å². The zero-order valence-electron chi connectivity index (χ0n) is 8.17. The van der Waals surface area contributed by atoms with Crippen molar-refractivity contribution in [2.75, 3.05) is 7.11 Å². The number of halogens is 2.